The Kier molecular flexibility index (Phi) is 6.06. The van der Waals surface area contributed by atoms with E-state index in [4.69, 9.17) is 0 Å². The maximum atomic E-state index is 13.2. The molecule has 1 aliphatic heterocycles. The molecule has 1 aromatic heterocycles. The lowest BCUT2D eigenvalue weighted by Gasteiger charge is -2.34. The van der Waals surface area contributed by atoms with Crippen LogP contribution in [0.15, 0.2) is 30.3 Å². The molecule has 2 aromatic rings. The average Bonchev–Trinajstić information content (AvgIpc) is 2.68. The molecule has 6 nitrogen and oxygen atoms in total. The highest BCUT2D eigenvalue weighted by Crippen LogP contribution is 2.20. The Balaban J connectivity index is 1.85. The van der Waals surface area contributed by atoms with Crippen molar-refractivity contribution in [3.8, 4) is 0 Å². The third-order valence-electron chi connectivity index (χ3n) is 5.04. The van der Waals surface area contributed by atoms with E-state index in [0.717, 1.165) is 49.7 Å². The first-order valence-corrected chi connectivity index (χ1v) is 9.73. The first-order valence-electron chi connectivity index (χ1n) is 9.73. The van der Waals surface area contributed by atoms with Crippen molar-refractivity contribution in [1.29, 1.82) is 0 Å². The van der Waals surface area contributed by atoms with E-state index in [1.54, 1.807) is 11.0 Å². The molecule has 144 valence electrons. The summed E-state index contributed by atoms with van der Waals surface area (Å²) in [7, 11) is 0. The third kappa shape index (κ3) is 4.45. The molecule has 1 saturated heterocycles. The Morgan fingerprint density at radius 1 is 1.07 bits per heavy atom. The maximum absolute atomic E-state index is 13.2. The van der Waals surface area contributed by atoms with Gasteiger partial charge in [0.1, 0.15) is 5.69 Å². The molecule has 0 N–H and O–H groups in total. The first kappa shape index (κ1) is 19.3. The van der Waals surface area contributed by atoms with E-state index in [1.807, 2.05) is 45.0 Å². The fraction of sp³-hybridized carbons (Fsp3) is 0.476. The van der Waals surface area contributed by atoms with E-state index in [1.165, 1.54) is 0 Å². The van der Waals surface area contributed by atoms with Crippen molar-refractivity contribution >= 4 is 17.5 Å². The van der Waals surface area contributed by atoms with Crippen LogP contribution in [0.2, 0.25) is 0 Å². The minimum absolute atomic E-state index is 0.0814. The van der Waals surface area contributed by atoms with Crippen molar-refractivity contribution in [3.63, 3.8) is 0 Å². The summed E-state index contributed by atoms with van der Waals surface area (Å²) in [5.74, 6) is 0.580. The topological polar surface area (TPSA) is 52.6 Å². The van der Waals surface area contributed by atoms with E-state index < -0.39 is 0 Å². The standard InChI is InChI=1S/C21H29N5O/c1-5-24-10-12-25(13-11-24)21-22-17(4)15-19(23-21)20(27)26(6-2)18-9-7-8-16(3)14-18/h7-9,14-15H,5-6,10-13H2,1-4H3. The molecule has 0 bridgehead atoms. The smallest absolute Gasteiger partial charge is 0.277 e. The Morgan fingerprint density at radius 3 is 2.44 bits per heavy atom. The lowest BCUT2D eigenvalue weighted by molar-refractivity contribution is 0.0983. The minimum atomic E-state index is -0.0814. The number of rotatable bonds is 5. The van der Waals surface area contributed by atoms with Crippen LogP contribution in [-0.4, -0.2) is 60.0 Å². The molecule has 0 atom stereocenters. The molecule has 1 fully saturated rings. The fourth-order valence-corrected chi connectivity index (χ4v) is 3.45. The number of amides is 1. The van der Waals surface area contributed by atoms with Crippen molar-refractivity contribution in [3.05, 3.63) is 47.3 Å². The van der Waals surface area contributed by atoms with Gasteiger partial charge in [0.2, 0.25) is 5.95 Å². The van der Waals surface area contributed by atoms with Gasteiger partial charge < -0.3 is 14.7 Å². The zero-order valence-corrected chi connectivity index (χ0v) is 16.8. The van der Waals surface area contributed by atoms with E-state index in [-0.39, 0.29) is 5.91 Å². The van der Waals surface area contributed by atoms with Gasteiger partial charge in [-0.25, -0.2) is 9.97 Å². The Morgan fingerprint density at radius 2 is 1.81 bits per heavy atom. The van der Waals surface area contributed by atoms with Crippen LogP contribution in [0.4, 0.5) is 11.6 Å². The molecule has 0 spiro atoms. The molecule has 6 heteroatoms. The van der Waals surface area contributed by atoms with Crippen molar-refractivity contribution < 1.29 is 4.79 Å². The van der Waals surface area contributed by atoms with Gasteiger partial charge in [0.05, 0.1) is 0 Å². The van der Waals surface area contributed by atoms with Gasteiger partial charge in [-0.3, -0.25) is 4.79 Å². The van der Waals surface area contributed by atoms with Crippen LogP contribution in [-0.2, 0) is 0 Å². The highest BCUT2D eigenvalue weighted by atomic mass is 16.2. The van der Waals surface area contributed by atoms with Crippen molar-refractivity contribution in [2.75, 3.05) is 49.1 Å². The molecule has 1 aliphatic rings. The maximum Gasteiger partial charge on any atom is 0.277 e. The number of hydrogen-bond donors (Lipinski definition) is 0. The largest absolute Gasteiger partial charge is 0.338 e. The van der Waals surface area contributed by atoms with Gasteiger partial charge in [0.15, 0.2) is 0 Å². The highest BCUT2D eigenvalue weighted by Gasteiger charge is 2.22. The predicted molar refractivity (Wildman–Crippen MR) is 110 cm³/mol. The molecule has 0 saturated carbocycles. The molecule has 0 unspecified atom stereocenters. The summed E-state index contributed by atoms with van der Waals surface area (Å²) in [6.45, 7) is 13.6. The molecule has 0 radical (unpaired) electrons. The molecule has 1 amide bonds. The van der Waals surface area contributed by atoms with E-state index in [2.05, 4.69) is 26.7 Å². The van der Waals surface area contributed by atoms with E-state index in [0.29, 0.717) is 18.2 Å². The lowest BCUT2D eigenvalue weighted by Crippen LogP contribution is -2.47. The van der Waals surface area contributed by atoms with Crippen LogP contribution in [0, 0.1) is 13.8 Å². The summed E-state index contributed by atoms with van der Waals surface area (Å²) in [6.07, 6.45) is 0. The summed E-state index contributed by atoms with van der Waals surface area (Å²) in [6, 6.07) is 9.79. The number of nitrogens with zero attached hydrogens (tertiary/aromatic N) is 5. The molecule has 2 heterocycles. The Bertz CT molecular complexity index is 799. The van der Waals surface area contributed by atoms with Gasteiger partial charge in [-0.15, -0.1) is 0 Å². The van der Waals surface area contributed by atoms with E-state index in [9.17, 15) is 4.79 Å². The number of piperazine rings is 1. The van der Waals surface area contributed by atoms with Gasteiger partial charge in [0.25, 0.3) is 5.91 Å². The minimum Gasteiger partial charge on any atom is -0.338 e. The molecule has 3 rings (SSSR count). The normalized spacial score (nSPS) is 15.0. The number of benzene rings is 1. The highest BCUT2D eigenvalue weighted by molar-refractivity contribution is 6.05. The SMILES string of the molecule is CCN1CCN(c2nc(C)cc(C(=O)N(CC)c3cccc(C)c3)n2)CC1. The van der Waals surface area contributed by atoms with Crippen molar-refractivity contribution in [2.24, 2.45) is 0 Å². The second-order valence-electron chi connectivity index (χ2n) is 7.00. The number of likely N-dealkylation sites (N-methyl/N-ethyl adjacent to an activating group) is 1. The Labute approximate surface area is 161 Å². The molecule has 1 aromatic carbocycles. The molecular formula is C21H29N5O. The van der Waals surface area contributed by atoms with Crippen LogP contribution in [0.3, 0.4) is 0 Å². The second-order valence-corrected chi connectivity index (χ2v) is 7.00. The first-order chi connectivity index (χ1) is 13.0. The summed E-state index contributed by atoms with van der Waals surface area (Å²) < 4.78 is 0. The van der Waals surface area contributed by atoms with Crippen molar-refractivity contribution in [2.45, 2.75) is 27.7 Å². The number of carbonyl (C=O) groups is 1. The third-order valence-corrected chi connectivity index (χ3v) is 5.04. The second kappa shape index (κ2) is 8.48. The molecular weight excluding hydrogens is 338 g/mol. The van der Waals surface area contributed by atoms with Crippen LogP contribution in [0.5, 0.6) is 0 Å². The predicted octanol–water partition coefficient (Wildman–Crippen LogP) is 2.90. The van der Waals surface area contributed by atoms with Gasteiger partial charge in [-0.1, -0.05) is 19.1 Å². The molecule has 27 heavy (non-hydrogen) atoms. The van der Waals surface area contributed by atoms with Gasteiger partial charge in [0, 0.05) is 44.1 Å². The number of anilines is 2. The van der Waals surface area contributed by atoms with Gasteiger partial charge >= 0.3 is 0 Å². The molecule has 0 aliphatic carbocycles. The number of carbonyl (C=O) groups excluding carboxylic acids is 1. The average molecular weight is 367 g/mol. The summed E-state index contributed by atoms with van der Waals surface area (Å²) in [5.41, 5.74) is 3.31. The number of aryl methyl sites for hydroxylation is 2. The summed E-state index contributed by atoms with van der Waals surface area (Å²) in [4.78, 5) is 28.8. The monoisotopic (exact) mass is 367 g/mol. The number of hydrogen-bond acceptors (Lipinski definition) is 5. The lowest BCUT2D eigenvalue weighted by atomic mass is 10.2. The zero-order valence-electron chi connectivity index (χ0n) is 16.8. The van der Waals surface area contributed by atoms with Crippen LogP contribution in [0.25, 0.3) is 0 Å². The van der Waals surface area contributed by atoms with Crippen LogP contribution >= 0.6 is 0 Å². The number of aromatic nitrogens is 2. The van der Waals surface area contributed by atoms with Crippen LogP contribution in [0.1, 0.15) is 35.6 Å². The summed E-state index contributed by atoms with van der Waals surface area (Å²) in [5, 5.41) is 0. The van der Waals surface area contributed by atoms with Crippen molar-refractivity contribution in [1.82, 2.24) is 14.9 Å². The summed E-state index contributed by atoms with van der Waals surface area (Å²) >= 11 is 0. The quantitative estimate of drug-likeness (QED) is 0.813. The van der Waals surface area contributed by atoms with Gasteiger partial charge in [-0.2, -0.15) is 0 Å². The van der Waals surface area contributed by atoms with Gasteiger partial charge in [-0.05, 0) is 51.1 Å². The Hall–Kier alpha value is -2.47. The fourth-order valence-electron chi connectivity index (χ4n) is 3.45. The van der Waals surface area contributed by atoms with Crippen LogP contribution < -0.4 is 9.80 Å². The zero-order chi connectivity index (χ0) is 19.4. The van der Waals surface area contributed by atoms with E-state index >= 15 is 0 Å².